The van der Waals surface area contributed by atoms with Crippen molar-refractivity contribution in [3.8, 4) is 0 Å². The lowest BCUT2D eigenvalue weighted by Gasteiger charge is -1.92. The predicted octanol–water partition coefficient (Wildman–Crippen LogP) is 4.75. The molecule has 0 bridgehead atoms. The highest BCUT2D eigenvalue weighted by atomic mass is 79.9. The average Bonchev–Trinajstić information content (AvgIpc) is 2.26. The smallest absolute Gasteiger partial charge is 0.0757 e. The molecule has 0 aromatic carbocycles. The molecule has 0 amide bonds. The molecule has 1 heterocycles. The maximum absolute atomic E-state index is 5.71. The lowest BCUT2D eigenvalue weighted by molar-refractivity contribution is 1.36. The number of rotatable bonds is 2. The first-order valence-corrected chi connectivity index (χ1v) is 6.25. The van der Waals surface area contributed by atoms with Crippen molar-refractivity contribution in [2.24, 2.45) is 0 Å². The fraction of sp³-hybridized carbons (Fsp3) is 0.333. The van der Waals surface area contributed by atoms with Gasteiger partial charge in [-0.25, -0.2) is 0 Å². The van der Waals surface area contributed by atoms with Crippen LogP contribution in [0.25, 0.3) is 0 Å². The number of halogens is 4. The number of alkyl halides is 2. The molecule has 0 aliphatic carbocycles. The average molecular weight is 339 g/mol. The fourth-order valence-electron chi connectivity index (χ4n) is 0.666. The summed E-state index contributed by atoms with van der Waals surface area (Å²) in [6.07, 6.45) is 0. The summed E-state index contributed by atoms with van der Waals surface area (Å²) in [5, 5.41) is 0. The van der Waals surface area contributed by atoms with Gasteiger partial charge in [0.05, 0.1) is 15.5 Å². The Kier molecular flexibility index (Phi) is 4.19. The number of thiophene rings is 1. The lowest BCUT2D eigenvalue weighted by atomic mass is 10.3. The fourth-order valence-corrected chi connectivity index (χ4v) is 4.62. The molecule has 1 aromatic rings. The Morgan fingerprint density at radius 1 is 1.18 bits per heavy atom. The van der Waals surface area contributed by atoms with Crippen LogP contribution in [0.4, 0.5) is 0 Å². The summed E-state index contributed by atoms with van der Waals surface area (Å²) < 4.78 is 2.11. The second-order valence-electron chi connectivity index (χ2n) is 1.86. The van der Waals surface area contributed by atoms with Gasteiger partial charge in [-0.1, -0.05) is 0 Å². The summed E-state index contributed by atoms with van der Waals surface area (Å²) in [4.78, 5) is 1.12. The van der Waals surface area contributed by atoms with E-state index < -0.39 is 0 Å². The van der Waals surface area contributed by atoms with Crippen LogP contribution < -0.4 is 0 Å². The molecule has 0 atom stereocenters. The van der Waals surface area contributed by atoms with Gasteiger partial charge in [0.25, 0.3) is 0 Å². The van der Waals surface area contributed by atoms with Crippen molar-refractivity contribution >= 4 is 66.4 Å². The summed E-state index contributed by atoms with van der Waals surface area (Å²) in [6, 6.07) is 0. The zero-order valence-electron chi connectivity index (χ0n) is 5.33. The molecule has 0 fully saturated rings. The summed E-state index contributed by atoms with van der Waals surface area (Å²) in [5.74, 6) is 1.04. The van der Waals surface area contributed by atoms with E-state index in [-0.39, 0.29) is 0 Å². The summed E-state index contributed by atoms with van der Waals surface area (Å²) in [7, 11) is 0. The van der Waals surface area contributed by atoms with Gasteiger partial charge in [-0.15, -0.1) is 34.5 Å². The third kappa shape index (κ3) is 2.13. The van der Waals surface area contributed by atoms with Crippen molar-refractivity contribution in [2.45, 2.75) is 11.8 Å². The molecule has 0 aliphatic rings. The van der Waals surface area contributed by atoms with Crippen molar-refractivity contribution < 1.29 is 0 Å². The van der Waals surface area contributed by atoms with E-state index in [0.29, 0.717) is 11.8 Å². The number of hydrogen-bond donors (Lipinski definition) is 0. The van der Waals surface area contributed by atoms with Gasteiger partial charge in [-0.3, -0.25) is 0 Å². The minimum Gasteiger partial charge on any atom is -0.130 e. The quantitative estimate of drug-likeness (QED) is 0.683. The van der Waals surface area contributed by atoms with Gasteiger partial charge in [0.2, 0.25) is 0 Å². The Hall–Kier alpha value is 1.24. The molecule has 0 saturated carbocycles. The Morgan fingerprint density at radius 2 is 1.82 bits per heavy atom. The van der Waals surface area contributed by atoms with Gasteiger partial charge in [0, 0.05) is 14.9 Å². The Morgan fingerprint density at radius 3 is 2.09 bits per heavy atom. The minimum absolute atomic E-state index is 0.508. The summed E-state index contributed by atoms with van der Waals surface area (Å²) >= 11 is 19.9. The van der Waals surface area contributed by atoms with Crippen LogP contribution in [0.5, 0.6) is 0 Å². The standard InChI is InChI=1S/C6H4Br2Cl2S/c7-5-3(1-9)6(8)11-4(5)2-10/h1-2H2. The van der Waals surface area contributed by atoms with Gasteiger partial charge in [-0.2, -0.15) is 0 Å². The van der Waals surface area contributed by atoms with Crippen molar-refractivity contribution in [1.29, 1.82) is 0 Å². The van der Waals surface area contributed by atoms with E-state index >= 15 is 0 Å². The molecular weight excluding hydrogens is 335 g/mol. The van der Waals surface area contributed by atoms with Crippen molar-refractivity contribution in [1.82, 2.24) is 0 Å². The van der Waals surface area contributed by atoms with E-state index in [0.717, 1.165) is 18.7 Å². The molecule has 0 nitrogen and oxygen atoms in total. The monoisotopic (exact) mass is 336 g/mol. The molecule has 1 aromatic heterocycles. The van der Waals surface area contributed by atoms with Crippen LogP contribution in [0, 0.1) is 0 Å². The normalized spacial score (nSPS) is 10.5. The van der Waals surface area contributed by atoms with Crippen molar-refractivity contribution in [3.63, 3.8) is 0 Å². The van der Waals surface area contributed by atoms with Gasteiger partial charge in [0.1, 0.15) is 0 Å². The summed E-state index contributed by atoms with van der Waals surface area (Å²) in [6.45, 7) is 0. The first-order valence-electron chi connectivity index (χ1n) is 2.78. The van der Waals surface area contributed by atoms with Crippen LogP contribution in [0.3, 0.4) is 0 Å². The molecule has 5 heteroatoms. The third-order valence-electron chi connectivity index (χ3n) is 1.21. The van der Waals surface area contributed by atoms with Crippen molar-refractivity contribution in [2.75, 3.05) is 0 Å². The van der Waals surface area contributed by atoms with E-state index in [9.17, 15) is 0 Å². The van der Waals surface area contributed by atoms with Gasteiger partial charge < -0.3 is 0 Å². The second-order valence-corrected chi connectivity index (χ2v) is 5.61. The van der Waals surface area contributed by atoms with Crippen LogP contribution in [0.1, 0.15) is 10.4 Å². The number of hydrogen-bond acceptors (Lipinski definition) is 1. The Labute approximate surface area is 96.1 Å². The van der Waals surface area contributed by atoms with Gasteiger partial charge in [-0.05, 0) is 31.9 Å². The minimum atomic E-state index is 0.508. The van der Waals surface area contributed by atoms with Crippen molar-refractivity contribution in [3.05, 3.63) is 18.7 Å². The van der Waals surface area contributed by atoms with Crippen LogP contribution in [0.15, 0.2) is 8.26 Å². The molecule has 11 heavy (non-hydrogen) atoms. The van der Waals surface area contributed by atoms with E-state index in [2.05, 4.69) is 31.9 Å². The molecule has 1 rings (SSSR count). The second kappa shape index (κ2) is 4.47. The lowest BCUT2D eigenvalue weighted by Crippen LogP contribution is -1.75. The molecule has 0 aliphatic heterocycles. The Balaban J connectivity index is 3.14. The highest BCUT2D eigenvalue weighted by Crippen LogP contribution is 2.38. The molecule has 0 unspecified atom stereocenters. The first-order chi connectivity index (χ1) is 5.20. The van der Waals surface area contributed by atoms with Gasteiger partial charge in [0.15, 0.2) is 0 Å². The van der Waals surface area contributed by atoms with Gasteiger partial charge >= 0.3 is 0 Å². The molecular formula is C6H4Br2Cl2S. The van der Waals surface area contributed by atoms with E-state index in [1.54, 1.807) is 11.3 Å². The maximum atomic E-state index is 5.71. The SMILES string of the molecule is ClCc1sc(Br)c(CCl)c1Br. The molecule has 0 spiro atoms. The predicted molar refractivity (Wildman–Crippen MR) is 58.8 cm³/mol. The largest absolute Gasteiger partial charge is 0.130 e. The zero-order chi connectivity index (χ0) is 8.43. The van der Waals surface area contributed by atoms with Crippen LogP contribution in [-0.4, -0.2) is 0 Å². The Bertz CT molecular complexity index is 259. The maximum Gasteiger partial charge on any atom is 0.0757 e. The third-order valence-corrected chi connectivity index (χ3v) is 5.11. The molecule has 62 valence electrons. The van der Waals surface area contributed by atoms with E-state index in [1.807, 2.05) is 0 Å². The first kappa shape index (κ1) is 10.3. The topological polar surface area (TPSA) is 0 Å². The van der Waals surface area contributed by atoms with Crippen LogP contribution in [0.2, 0.25) is 0 Å². The summed E-state index contributed by atoms with van der Waals surface area (Å²) in [5.41, 5.74) is 1.09. The zero-order valence-corrected chi connectivity index (χ0v) is 10.8. The highest BCUT2D eigenvalue weighted by Gasteiger charge is 2.12. The molecule has 0 N–H and O–H groups in total. The highest BCUT2D eigenvalue weighted by molar-refractivity contribution is 9.11. The van der Waals surface area contributed by atoms with Crippen LogP contribution >= 0.6 is 66.4 Å². The van der Waals surface area contributed by atoms with E-state index in [1.165, 1.54) is 0 Å². The molecule has 0 saturated heterocycles. The van der Waals surface area contributed by atoms with Crippen LogP contribution in [-0.2, 0) is 11.8 Å². The molecule has 0 radical (unpaired) electrons. The van der Waals surface area contributed by atoms with E-state index in [4.69, 9.17) is 23.2 Å².